The average Bonchev–Trinajstić information content (AvgIpc) is 3.06. The van der Waals surface area contributed by atoms with E-state index in [-0.39, 0.29) is 0 Å². The van der Waals surface area contributed by atoms with Crippen molar-refractivity contribution in [1.29, 1.82) is 0 Å². The van der Waals surface area contributed by atoms with Gasteiger partial charge in [-0.2, -0.15) is 5.10 Å². The summed E-state index contributed by atoms with van der Waals surface area (Å²) >= 11 is 0. The van der Waals surface area contributed by atoms with E-state index in [1.165, 1.54) is 16.3 Å². The van der Waals surface area contributed by atoms with Gasteiger partial charge in [0.2, 0.25) is 0 Å². The molecule has 2 aromatic carbocycles. The molecule has 0 atom stereocenters. The first-order chi connectivity index (χ1) is 11.4. The summed E-state index contributed by atoms with van der Waals surface area (Å²) in [6.45, 7) is 4.56. The van der Waals surface area contributed by atoms with Crippen molar-refractivity contribution in [3.05, 3.63) is 60.7 Å². The Balaban J connectivity index is 1.26. The topological polar surface area (TPSA) is 43.2 Å². The summed E-state index contributed by atoms with van der Waals surface area (Å²) < 4.78 is 7.93. The van der Waals surface area contributed by atoms with Crippen molar-refractivity contribution in [2.24, 2.45) is 0 Å². The second-order valence-electron chi connectivity index (χ2n) is 5.99. The lowest BCUT2D eigenvalue weighted by Gasteiger charge is -2.38. The average molecular weight is 308 g/mol. The molecule has 1 fully saturated rings. The monoisotopic (exact) mass is 308 g/mol. The maximum absolute atomic E-state index is 6.06. The molecule has 2 heterocycles. The number of fused-ring (bicyclic) bond motifs is 1. The lowest BCUT2D eigenvalue weighted by atomic mass is 10.1. The van der Waals surface area contributed by atoms with Crippen LogP contribution in [-0.4, -0.2) is 45.4 Å². The number of rotatable bonds is 6. The third-order valence-electron chi connectivity index (χ3n) is 4.39. The highest BCUT2D eigenvalue weighted by Gasteiger charge is 2.27. The van der Waals surface area contributed by atoms with E-state index in [0.29, 0.717) is 12.7 Å². The van der Waals surface area contributed by atoms with Crippen molar-refractivity contribution in [2.45, 2.75) is 19.3 Å². The molecule has 5 nitrogen and oxygen atoms in total. The van der Waals surface area contributed by atoms with Gasteiger partial charge in [0, 0.05) is 19.6 Å². The molecule has 1 aromatic heterocycles. The minimum absolute atomic E-state index is 0.338. The van der Waals surface area contributed by atoms with Crippen LogP contribution in [0.2, 0.25) is 0 Å². The van der Waals surface area contributed by atoms with Crippen molar-refractivity contribution in [3.63, 3.8) is 0 Å². The minimum Gasteiger partial charge on any atom is -0.371 e. The molecule has 0 unspecified atom stereocenters. The molecule has 0 spiro atoms. The maximum atomic E-state index is 6.06. The Morgan fingerprint density at radius 3 is 2.78 bits per heavy atom. The number of hydrogen-bond acceptors (Lipinski definition) is 4. The van der Waals surface area contributed by atoms with Gasteiger partial charge in [-0.15, -0.1) is 0 Å². The summed E-state index contributed by atoms with van der Waals surface area (Å²) in [6.07, 6.45) is 3.67. The molecule has 0 N–H and O–H groups in total. The number of hydrogen-bond donors (Lipinski definition) is 0. The van der Waals surface area contributed by atoms with E-state index >= 15 is 0 Å². The highest BCUT2D eigenvalue weighted by molar-refractivity contribution is 5.85. The van der Waals surface area contributed by atoms with E-state index < -0.39 is 0 Å². The standard InChI is InChI=1S/C18H20N4O/c1-2-7-18-15(4-1)5-3-6-16(18)12-23-17-10-21(11-17)8-9-22-14-19-13-20-22/h1-7,13-14,17H,8-12H2. The summed E-state index contributed by atoms with van der Waals surface area (Å²) in [4.78, 5) is 6.34. The summed E-state index contributed by atoms with van der Waals surface area (Å²) in [5, 5.41) is 6.68. The molecule has 5 heteroatoms. The van der Waals surface area contributed by atoms with Crippen LogP contribution >= 0.6 is 0 Å². The molecular formula is C18H20N4O. The number of benzene rings is 2. The molecule has 0 amide bonds. The van der Waals surface area contributed by atoms with Crippen molar-refractivity contribution in [3.8, 4) is 0 Å². The molecule has 0 aliphatic carbocycles. The van der Waals surface area contributed by atoms with Gasteiger partial charge in [-0.1, -0.05) is 42.5 Å². The van der Waals surface area contributed by atoms with Gasteiger partial charge in [0.05, 0.1) is 19.3 Å². The van der Waals surface area contributed by atoms with Crippen LogP contribution in [0, 0.1) is 0 Å². The third kappa shape index (κ3) is 3.25. The molecule has 0 bridgehead atoms. The van der Waals surface area contributed by atoms with Gasteiger partial charge in [0.15, 0.2) is 0 Å². The van der Waals surface area contributed by atoms with Gasteiger partial charge in [0.1, 0.15) is 12.7 Å². The van der Waals surface area contributed by atoms with Crippen molar-refractivity contribution in [2.75, 3.05) is 19.6 Å². The second-order valence-corrected chi connectivity index (χ2v) is 5.99. The zero-order valence-corrected chi connectivity index (χ0v) is 13.0. The lowest BCUT2D eigenvalue weighted by Crippen LogP contribution is -2.52. The Hall–Kier alpha value is -2.24. The summed E-state index contributed by atoms with van der Waals surface area (Å²) in [6, 6.07) is 14.9. The third-order valence-corrected chi connectivity index (χ3v) is 4.39. The largest absolute Gasteiger partial charge is 0.371 e. The van der Waals surface area contributed by atoms with Crippen LogP contribution in [0.25, 0.3) is 10.8 Å². The molecule has 1 saturated heterocycles. The fraction of sp³-hybridized carbons (Fsp3) is 0.333. The highest BCUT2D eigenvalue weighted by Crippen LogP contribution is 2.21. The Labute approximate surface area is 135 Å². The van der Waals surface area contributed by atoms with E-state index in [4.69, 9.17) is 4.74 Å². The smallest absolute Gasteiger partial charge is 0.137 e. The van der Waals surface area contributed by atoms with E-state index in [0.717, 1.165) is 26.2 Å². The molecule has 1 aliphatic rings. The van der Waals surface area contributed by atoms with Gasteiger partial charge in [-0.05, 0) is 16.3 Å². The van der Waals surface area contributed by atoms with Gasteiger partial charge in [-0.3, -0.25) is 9.58 Å². The molecule has 0 saturated carbocycles. The maximum Gasteiger partial charge on any atom is 0.137 e. The molecule has 23 heavy (non-hydrogen) atoms. The Morgan fingerprint density at radius 1 is 1.04 bits per heavy atom. The van der Waals surface area contributed by atoms with Gasteiger partial charge in [0.25, 0.3) is 0 Å². The highest BCUT2D eigenvalue weighted by atomic mass is 16.5. The fourth-order valence-corrected chi connectivity index (χ4v) is 3.03. The number of aromatic nitrogens is 3. The number of ether oxygens (including phenoxy) is 1. The van der Waals surface area contributed by atoms with Crippen molar-refractivity contribution < 1.29 is 4.74 Å². The minimum atomic E-state index is 0.338. The van der Waals surface area contributed by atoms with E-state index in [9.17, 15) is 0 Å². The first kappa shape index (κ1) is 14.4. The second kappa shape index (κ2) is 6.48. The Bertz CT molecular complexity index is 760. The van der Waals surface area contributed by atoms with Crippen molar-refractivity contribution in [1.82, 2.24) is 19.7 Å². The number of likely N-dealkylation sites (tertiary alicyclic amines) is 1. The Morgan fingerprint density at radius 2 is 1.91 bits per heavy atom. The molecular weight excluding hydrogens is 288 g/mol. The predicted molar refractivity (Wildman–Crippen MR) is 89.0 cm³/mol. The van der Waals surface area contributed by atoms with Crippen LogP contribution in [0.15, 0.2) is 55.1 Å². The first-order valence-corrected chi connectivity index (χ1v) is 8.01. The van der Waals surface area contributed by atoms with Gasteiger partial charge >= 0.3 is 0 Å². The van der Waals surface area contributed by atoms with E-state index in [1.54, 1.807) is 12.7 Å². The number of nitrogens with zero attached hydrogens (tertiary/aromatic N) is 4. The quantitative estimate of drug-likeness (QED) is 0.701. The van der Waals surface area contributed by atoms with Crippen LogP contribution in [0.1, 0.15) is 5.56 Å². The Kier molecular flexibility index (Phi) is 4.05. The predicted octanol–water partition coefficient (Wildman–Crippen LogP) is 2.33. The molecule has 0 radical (unpaired) electrons. The molecule has 3 aromatic rings. The zero-order chi connectivity index (χ0) is 15.5. The van der Waals surface area contributed by atoms with Crippen molar-refractivity contribution >= 4 is 10.8 Å². The van der Waals surface area contributed by atoms with Gasteiger partial charge < -0.3 is 4.74 Å². The van der Waals surface area contributed by atoms with Gasteiger partial charge in [-0.25, -0.2) is 4.98 Å². The first-order valence-electron chi connectivity index (χ1n) is 8.01. The van der Waals surface area contributed by atoms with Crippen LogP contribution in [0.4, 0.5) is 0 Å². The fourth-order valence-electron chi connectivity index (χ4n) is 3.03. The normalized spacial score (nSPS) is 15.8. The summed E-state index contributed by atoms with van der Waals surface area (Å²) in [7, 11) is 0. The van der Waals surface area contributed by atoms with Crippen LogP contribution in [-0.2, 0) is 17.9 Å². The zero-order valence-electron chi connectivity index (χ0n) is 13.0. The molecule has 118 valence electrons. The molecule has 1 aliphatic heterocycles. The van der Waals surface area contributed by atoms with Crippen LogP contribution < -0.4 is 0 Å². The van der Waals surface area contributed by atoms with Crippen LogP contribution in [0.3, 0.4) is 0 Å². The van der Waals surface area contributed by atoms with E-state index in [2.05, 4.69) is 57.4 Å². The van der Waals surface area contributed by atoms with Crippen LogP contribution in [0.5, 0.6) is 0 Å². The van der Waals surface area contributed by atoms with E-state index in [1.807, 2.05) is 4.68 Å². The SMILES string of the molecule is c1ccc2c(COC3CN(CCn4cncn4)C3)cccc2c1. The lowest BCUT2D eigenvalue weighted by molar-refractivity contribution is -0.0632. The summed E-state index contributed by atoms with van der Waals surface area (Å²) in [5.74, 6) is 0. The molecule has 4 rings (SSSR count). The summed E-state index contributed by atoms with van der Waals surface area (Å²) in [5.41, 5.74) is 1.27.